The van der Waals surface area contributed by atoms with Crippen molar-refractivity contribution in [2.75, 3.05) is 37.0 Å². The summed E-state index contributed by atoms with van der Waals surface area (Å²) in [6.45, 7) is 4.00. The maximum Gasteiger partial charge on any atom is 0.134 e. The molecule has 18 heavy (non-hydrogen) atoms. The number of morpholine rings is 1. The lowest BCUT2D eigenvalue weighted by atomic mass is 10.2. The van der Waals surface area contributed by atoms with E-state index in [0.717, 1.165) is 24.5 Å². The molecule has 2 heterocycles. The average Bonchev–Trinajstić information content (AvgIpc) is 2.38. The zero-order chi connectivity index (χ0) is 13.0. The first-order chi connectivity index (χ1) is 8.74. The molecule has 6 nitrogen and oxygen atoms in total. The SMILES string of the molecule is CCCc1nc(N)cc(N2CCOCC2CO)n1. The quantitative estimate of drug-likeness (QED) is 0.797. The summed E-state index contributed by atoms with van der Waals surface area (Å²) in [5.41, 5.74) is 5.81. The van der Waals surface area contributed by atoms with Gasteiger partial charge in [-0.15, -0.1) is 0 Å². The molecule has 1 unspecified atom stereocenters. The summed E-state index contributed by atoms with van der Waals surface area (Å²) in [5.74, 6) is 2.02. The Morgan fingerprint density at radius 3 is 3.11 bits per heavy atom. The van der Waals surface area contributed by atoms with Gasteiger partial charge in [-0.1, -0.05) is 6.92 Å². The van der Waals surface area contributed by atoms with Crippen LogP contribution in [0.3, 0.4) is 0 Å². The third-order valence-electron chi connectivity index (χ3n) is 2.98. The summed E-state index contributed by atoms with van der Waals surface area (Å²) >= 11 is 0. The van der Waals surface area contributed by atoms with Crippen LogP contribution >= 0.6 is 0 Å². The van der Waals surface area contributed by atoms with Crippen LogP contribution in [0.2, 0.25) is 0 Å². The summed E-state index contributed by atoms with van der Waals surface area (Å²) in [4.78, 5) is 10.8. The minimum Gasteiger partial charge on any atom is -0.394 e. The molecule has 0 radical (unpaired) electrons. The molecule has 0 amide bonds. The largest absolute Gasteiger partial charge is 0.394 e. The van der Waals surface area contributed by atoms with E-state index in [0.29, 0.717) is 25.6 Å². The van der Waals surface area contributed by atoms with Crippen molar-refractivity contribution >= 4 is 11.6 Å². The van der Waals surface area contributed by atoms with E-state index in [9.17, 15) is 5.11 Å². The first-order valence-electron chi connectivity index (χ1n) is 6.33. The molecule has 2 rings (SSSR count). The highest BCUT2D eigenvalue weighted by atomic mass is 16.5. The van der Waals surface area contributed by atoms with Gasteiger partial charge in [-0.3, -0.25) is 0 Å². The molecule has 1 saturated heterocycles. The van der Waals surface area contributed by atoms with E-state index in [-0.39, 0.29) is 12.6 Å². The maximum atomic E-state index is 9.37. The number of nitrogens with zero attached hydrogens (tertiary/aromatic N) is 3. The summed E-state index contributed by atoms with van der Waals surface area (Å²) < 4.78 is 5.36. The lowest BCUT2D eigenvalue weighted by Crippen LogP contribution is -2.48. The molecule has 3 N–H and O–H groups in total. The minimum atomic E-state index is -0.0532. The van der Waals surface area contributed by atoms with E-state index in [2.05, 4.69) is 16.9 Å². The normalized spacial score (nSPS) is 20.1. The van der Waals surface area contributed by atoms with E-state index < -0.39 is 0 Å². The van der Waals surface area contributed by atoms with Gasteiger partial charge < -0.3 is 20.5 Å². The molecule has 0 aliphatic carbocycles. The van der Waals surface area contributed by atoms with Crippen molar-refractivity contribution in [1.82, 2.24) is 9.97 Å². The van der Waals surface area contributed by atoms with Gasteiger partial charge in [-0.2, -0.15) is 0 Å². The number of aliphatic hydroxyl groups excluding tert-OH is 1. The third-order valence-corrected chi connectivity index (χ3v) is 2.98. The number of ether oxygens (including phenoxy) is 1. The predicted molar refractivity (Wildman–Crippen MR) is 69.5 cm³/mol. The highest BCUT2D eigenvalue weighted by molar-refractivity contribution is 5.48. The molecule has 0 saturated carbocycles. The molecule has 1 atom stereocenters. The van der Waals surface area contributed by atoms with Crippen molar-refractivity contribution in [3.8, 4) is 0 Å². The fourth-order valence-electron chi connectivity index (χ4n) is 2.09. The fourth-order valence-corrected chi connectivity index (χ4v) is 2.09. The van der Waals surface area contributed by atoms with Gasteiger partial charge >= 0.3 is 0 Å². The summed E-state index contributed by atoms with van der Waals surface area (Å²) in [7, 11) is 0. The van der Waals surface area contributed by atoms with Crippen LogP contribution in [-0.2, 0) is 11.2 Å². The first-order valence-corrected chi connectivity index (χ1v) is 6.33. The molecule has 100 valence electrons. The highest BCUT2D eigenvalue weighted by Gasteiger charge is 2.24. The van der Waals surface area contributed by atoms with Crippen LogP contribution in [0.25, 0.3) is 0 Å². The van der Waals surface area contributed by atoms with E-state index in [4.69, 9.17) is 10.5 Å². The molecule has 0 spiro atoms. The number of aromatic nitrogens is 2. The maximum absolute atomic E-state index is 9.37. The Kier molecular flexibility index (Phi) is 4.33. The van der Waals surface area contributed by atoms with Crippen molar-refractivity contribution in [1.29, 1.82) is 0 Å². The number of hydrogen-bond acceptors (Lipinski definition) is 6. The predicted octanol–water partition coefficient (Wildman–Crippen LogP) is 0.209. The lowest BCUT2D eigenvalue weighted by Gasteiger charge is -2.35. The van der Waals surface area contributed by atoms with E-state index in [1.165, 1.54) is 0 Å². The molecule has 0 aromatic carbocycles. The van der Waals surface area contributed by atoms with Crippen LogP contribution in [0.4, 0.5) is 11.6 Å². The van der Waals surface area contributed by atoms with Gasteiger partial charge in [0.2, 0.25) is 0 Å². The molecule has 6 heteroatoms. The lowest BCUT2D eigenvalue weighted by molar-refractivity contribution is 0.0722. The molecule has 1 aliphatic heterocycles. The zero-order valence-electron chi connectivity index (χ0n) is 10.7. The van der Waals surface area contributed by atoms with Crippen molar-refractivity contribution in [3.63, 3.8) is 0 Å². The Balaban J connectivity index is 2.24. The van der Waals surface area contributed by atoms with Crippen molar-refractivity contribution in [2.45, 2.75) is 25.8 Å². The van der Waals surface area contributed by atoms with Crippen LogP contribution in [0.1, 0.15) is 19.2 Å². The Bertz CT molecular complexity index is 400. The molecule has 1 fully saturated rings. The zero-order valence-corrected chi connectivity index (χ0v) is 10.7. The number of aliphatic hydroxyl groups is 1. The Morgan fingerprint density at radius 1 is 1.56 bits per heavy atom. The number of rotatable bonds is 4. The van der Waals surface area contributed by atoms with Crippen LogP contribution in [0.5, 0.6) is 0 Å². The van der Waals surface area contributed by atoms with Crippen molar-refractivity contribution in [3.05, 3.63) is 11.9 Å². The number of hydrogen-bond donors (Lipinski definition) is 2. The number of anilines is 2. The monoisotopic (exact) mass is 252 g/mol. The molecule has 1 aromatic heterocycles. The minimum absolute atomic E-state index is 0.0486. The van der Waals surface area contributed by atoms with Crippen LogP contribution in [-0.4, -0.2) is 47.5 Å². The number of nitrogen functional groups attached to an aromatic ring is 1. The smallest absolute Gasteiger partial charge is 0.134 e. The fraction of sp³-hybridized carbons (Fsp3) is 0.667. The van der Waals surface area contributed by atoms with Gasteiger partial charge in [-0.05, 0) is 6.42 Å². The van der Waals surface area contributed by atoms with Gasteiger partial charge in [-0.25, -0.2) is 9.97 Å². The van der Waals surface area contributed by atoms with Crippen LogP contribution in [0, 0.1) is 0 Å². The molecule has 1 aliphatic rings. The second-order valence-corrected chi connectivity index (χ2v) is 4.42. The first kappa shape index (κ1) is 13.0. The highest BCUT2D eigenvalue weighted by Crippen LogP contribution is 2.19. The summed E-state index contributed by atoms with van der Waals surface area (Å²) in [6.07, 6.45) is 1.79. The summed E-state index contributed by atoms with van der Waals surface area (Å²) in [6, 6.07) is 1.70. The second-order valence-electron chi connectivity index (χ2n) is 4.42. The van der Waals surface area contributed by atoms with Gasteiger partial charge in [0, 0.05) is 19.0 Å². The van der Waals surface area contributed by atoms with Gasteiger partial charge in [0.25, 0.3) is 0 Å². The molecule has 0 bridgehead atoms. The van der Waals surface area contributed by atoms with Crippen molar-refractivity contribution in [2.24, 2.45) is 0 Å². The number of nitrogens with two attached hydrogens (primary N) is 1. The Morgan fingerprint density at radius 2 is 2.39 bits per heavy atom. The average molecular weight is 252 g/mol. The molecular weight excluding hydrogens is 232 g/mol. The molecule has 1 aromatic rings. The Labute approximate surface area is 107 Å². The standard InChI is InChI=1S/C12H20N4O2/c1-2-3-11-14-10(13)6-12(15-11)16-4-5-18-8-9(16)7-17/h6,9,17H,2-5,7-8H2,1H3,(H2,13,14,15). The second kappa shape index (κ2) is 5.97. The van der Waals surface area contributed by atoms with E-state index >= 15 is 0 Å². The van der Waals surface area contributed by atoms with Crippen LogP contribution in [0.15, 0.2) is 6.07 Å². The van der Waals surface area contributed by atoms with Crippen molar-refractivity contribution < 1.29 is 9.84 Å². The molecular formula is C12H20N4O2. The Hall–Kier alpha value is -1.40. The van der Waals surface area contributed by atoms with Gasteiger partial charge in [0.1, 0.15) is 17.5 Å². The third kappa shape index (κ3) is 2.88. The van der Waals surface area contributed by atoms with Crippen LogP contribution < -0.4 is 10.6 Å². The van der Waals surface area contributed by atoms with Gasteiger partial charge in [0.15, 0.2) is 0 Å². The van der Waals surface area contributed by atoms with E-state index in [1.807, 2.05) is 4.90 Å². The van der Waals surface area contributed by atoms with Gasteiger partial charge in [0.05, 0.1) is 25.9 Å². The number of aryl methyl sites for hydroxylation is 1. The topological polar surface area (TPSA) is 84.5 Å². The van der Waals surface area contributed by atoms with E-state index in [1.54, 1.807) is 6.07 Å². The summed E-state index contributed by atoms with van der Waals surface area (Å²) in [5, 5.41) is 9.37.